The average molecular weight is 331 g/mol. The standard InChI is InChI=1S/C17H19ClN4O/c1-2-3-4-7-10-20-17(23)12(11-19)15-16(18)22-14-9-6-5-8-13(14)21-15/h5-6,8-9,12H,2-4,7,10H2,1H3,(H,20,23)/t12-/m1/s1. The summed E-state index contributed by atoms with van der Waals surface area (Å²) in [6.07, 6.45) is 4.23. The molecule has 5 nitrogen and oxygen atoms in total. The van der Waals surface area contributed by atoms with E-state index in [9.17, 15) is 10.1 Å². The first kappa shape index (κ1) is 17.2. The van der Waals surface area contributed by atoms with Crippen LogP contribution in [0, 0.1) is 11.3 Å². The largest absolute Gasteiger partial charge is 0.355 e. The fourth-order valence-electron chi connectivity index (χ4n) is 2.29. The van der Waals surface area contributed by atoms with Crippen LogP contribution in [0.4, 0.5) is 0 Å². The van der Waals surface area contributed by atoms with Crippen LogP contribution < -0.4 is 5.32 Å². The van der Waals surface area contributed by atoms with Crippen molar-refractivity contribution in [2.24, 2.45) is 0 Å². The molecule has 0 saturated carbocycles. The summed E-state index contributed by atoms with van der Waals surface area (Å²) in [5.41, 5.74) is 1.46. The summed E-state index contributed by atoms with van der Waals surface area (Å²) >= 11 is 6.12. The number of nitriles is 1. The minimum atomic E-state index is -1.05. The third-order valence-electron chi connectivity index (χ3n) is 3.55. The number of benzene rings is 1. The van der Waals surface area contributed by atoms with Crippen LogP contribution in [0.5, 0.6) is 0 Å². The van der Waals surface area contributed by atoms with E-state index in [1.165, 1.54) is 0 Å². The Balaban J connectivity index is 2.12. The van der Waals surface area contributed by atoms with Gasteiger partial charge in [-0.3, -0.25) is 4.79 Å². The molecule has 1 aromatic heterocycles. The number of rotatable bonds is 7. The van der Waals surface area contributed by atoms with Gasteiger partial charge in [-0.25, -0.2) is 9.97 Å². The van der Waals surface area contributed by atoms with Gasteiger partial charge in [-0.05, 0) is 18.6 Å². The first-order valence-corrected chi connectivity index (χ1v) is 8.14. The number of unbranched alkanes of at least 4 members (excludes halogenated alkanes) is 3. The maximum absolute atomic E-state index is 12.2. The zero-order valence-electron chi connectivity index (χ0n) is 13.1. The molecule has 0 fully saturated rings. The van der Waals surface area contributed by atoms with E-state index in [4.69, 9.17) is 11.6 Å². The molecule has 0 unspecified atom stereocenters. The summed E-state index contributed by atoms with van der Waals surface area (Å²) in [6.45, 7) is 2.68. The van der Waals surface area contributed by atoms with Crippen molar-refractivity contribution in [2.45, 2.75) is 38.5 Å². The van der Waals surface area contributed by atoms with Crippen LogP contribution in [0.2, 0.25) is 5.15 Å². The number of hydrogen-bond acceptors (Lipinski definition) is 4. The van der Waals surface area contributed by atoms with E-state index in [1.807, 2.05) is 18.2 Å². The molecule has 1 N–H and O–H groups in total. The highest BCUT2D eigenvalue weighted by Crippen LogP contribution is 2.23. The smallest absolute Gasteiger partial charge is 0.243 e. The van der Waals surface area contributed by atoms with Crippen molar-refractivity contribution in [3.63, 3.8) is 0 Å². The predicted molar refractivity (Wildman–Crippen MR) is 90.1 cm³/mol. The van der Waals surface area contributed by atoms with Gasteiger partial charge in [0.15, 0.2) is 11.1 Å². The minimum Gasteiger partial charge on any atom is -0.355 e. The average Bonchev–Trinajstić information content (AvgIpc) is 2.55. The monoisotopic (exact) mass is 330 g/mol. The van der Waals surface area contributed by atoms with Crippen molar-refractivity contribution in [1.82, 2.24) is 15.3 Å². The van der Waals surface area contributed by atoms with Crippen LogP contribution in [0.3, 0.4) is 0 Å². The van der Waals surface area contributed by atoms with Gasteiger partial charge in [-0.1, -0.05) is 49.9 Å². The van der Waals surface area contributed by atoms with E-state index in [-0.39, 0.29) is 16.8 Å². The Kier molecular flexibility index (Phi) is 6.30. The van der Waals surface area contributed by atoms with E-state index in [0.717, 1.165) is 25.7 Å². The van der Waals surface area contributed by atoms with Crippen molar-refractivity contribution in [3.8, 4) is 6.07 Å². The lowest BCUT2D eigenvalue weighted by atomic mass is 10.1. The molecule has 0 bridgehead atoms. The number of hydrogen-bond donors (Lipinski definition) is 1. The lowest BCUT2D eigenvalue weighted by Gasteiger charge is -2.11. The van der Waals surface area contributed by atoms with Crippen LogP contribution in [-0.2, 0) is 4.79 Å². The Bertz CT molecular complexity index is 726. The molecule has 0 aliphatic rings. The van der Waals surface area contributed by atoms with Crippen LogP contribution in [0.1, 0.15) is 44.2 Å². The Morgan fingerprint density at radius 3 is 2.61 bits per heavy atom. The Morgan fingerprint density at radius 2 is 1.96 bits per heavy atom. The maximum Gasteiger partial charge on any atom is 0.243 e. The Labute approximate surface area is 140 Å². The first-order valence-electron chi connectivity index (χ1n) is 7.77. The van der Waals surface area contributed by atoms with E-state index < -0.39 is 5.92 Å². The van der Waals surface area contributed by atoms with Crippen LogP contribution in [-0.4, -0.2) is 22.4 Å². The second kappa shape index (κ2) is 8.44. The zero-order chi connectivity index (χ0) is 16.7. The third kappa shape index (κ3) is 4.40. The molecule has 0 spiro atoms. The van der Waals surface area contributed by atoms with Crippen molar-refractivity contribution >= 4 is 28.5 Å². The highest BCUT2D eigenvalue weighted by Gasteiger charge is 2.25. The number of nitrogens with one attached hydrogen (secondary N) is 1. The van der Waals surface area contributed by atoms with E-state index in [1.54, 1.807) is 12.1 Å². The molecule has 0 aliphatic carbocycles. The molecule has 1 amide bonds. The molecular weight excluding hydrogens is 312 g/mol. The van der Waals surface area contributed by atoms with Gasteiger partial charge in [0.25, 0.3) is 0 Å². The van der Waals surface area contributed by atoms with Crippen molar-refractivity contribution < 1.29 is 4.79 Å². The molecule has 6 heteroatoms. The SMILES string of the molecule is CCCCCCNC(=O)[C@H](C#N)c1nc2ccccc2nc1Cl. The molecule has 2 aromatic rings. The molecule has 0 saturated heterocycles. The van der Waals surface area contributed by atoms with Crippen molar-refractivity contribution in [2.75, 3.05) is 6.54 Å². The van der Waals surface area contributed by atoms with E-state index in [2.05, 4.69) is 22.2 Å². The zero-order valence-corrected chi connectivity index (χ0v) is 13.8. The molecular formula is C17H19ClN4O. The molecule has 0 aliphatic heterocycles. The lowest BCUT2D eigenvalue weighted by Crippen LogP contribution is -2.30. The fraction of sp³-hybridized carbons (Fsp3) is 0.412. The second-order valence-corrected chi connectivity index (χ2v) is 5.66. The van der Waals surface area contributed by atoms with Gasteiger partial charge in [0.1, 0.15) is 5.69 Å². The third-order valence-corrected chi connectivity index (χ3v) is 3.83. The van der Waals surface area contributed by atoms with Gasteiger partial charge >= 0.3 is 0 Å². The predicted octanol–water partition coefficient (Wildman–Crippen LogP) is 3.59. The van der Waals surface area contributed by atoms with Gasteiger partial charge in [0.2, 0.25) is 5.91 Å². The quantitative estimate of drug-likeness (QED) is 0.787. The fourth-order valence-corrected chi connectivity index (χ4v) is 2.53. The summed E-state index contributed by atoms with van der Waals surface area (Å²) in [7, 11) is 0. The highest BCUT2D eigenvalue weighted by molar-refractivity contribution is 6.30. The van der Waals surface area contributed by atoms with Gasteiger partial charge in [0, 0.05) is 6.54 Å². The highest BCUT2D eigenvalue weighted by atomic mass is 35.5. The summed E-state index contributed by atoms with van der Waals surface area (Å²) in [5.74, 6) is -1.43. The van der Waals surface area contributed by atoms with Gasteiger partial charge in [0.05, 0.1) is 17.1 Å². The van der Waals surface area contributed by atoms with Crippen LogP contribution in [0.15, 0.2) is 24.3 Å². The number of halogens is 1. The number of amides is 1. The summed E-state index contributed by atoms with van der Waals surface area (Å²) < 4.78 is 0. The van der Waals surface area contributed by atoms with Crippen LogP contribution in [0.25, 0.3) is 11.0 Å². The number of aromatic nitrogens is 2. The summed E-state index contributed by atoms with van der Waals surface area (Å²) in [4.78, 5) is 20.8. The normalized spacial score (nSPS) is 11.9. The maximum atomic E-state index is 12.2. The van der Waals surface area contributed by atoms with Gasteiger partial charge in [-0.2, -0.15) is 5.26 Å². The molecule has 0 radical (unpaired) electrons. The molecule has 1 aromatic carbocycles. The first-order chi connectivity index (χ1) is 11.2. The molecule has 1 heterocycles. The van der Waals surface area contributed by atoms with Gasteiger partial charge < -0.3 is 5.32 Å². The number of carbonyl (C=O) groups excluding carboxylic acids is 1. The summed E-state index contributed by atoms with van der Waals surface area (Å²) in [6, 6.07) is 9.19. The van der Waals surface area contributed by atoms with E-state index >= 15 is 0 Å². The lowest BCUT2D eigenvalue weighted by molar-refractivity contribution is -0.121. The number of fused-ring (bicyclic) bond motifs is 1. The Morgan fingerprint density at radius 1 is 1.26 bits per heavy atom. The topological polar surface area (TPSA) is 78.7 Å². The van der Waals surface area contributed by atoms with E-state index in [0.29, 0.717) is 17.6 Å². The second-order valence-electron chi connectivity index (χ2n) is 5.30. The molecule has 1 atom stereocenters. The molecule has 23 heavy (non-hydrogen) atoms. The van der Waals surface area contributed by atoms with Gasteiger partial charge in [-0.15, -0.1) is 0 Å². The van der Waals surface area contributed by atoms with Crippen molar-refractivity contribution in [3.05, 3.63) is 35.1 Å². The van der Waals surface area contributed by atoms with Crippen LogP contribution >= 0.6 is 11.6 Å². The molecule has 2 rings (SSSR count). The number of nitrogens with zero attached hydrogens (tertiary/aromatic N) is 3. The number of carbonyl (C=O) groups is 1. The summed E-state index contributed by atoms with van der Waals surface area (Å²) in [5, 5.41) is 12.2. The number of para-hydroxylation sites is 2. The molecule has 120 valence electrons. The minimum absolute atomic E-state index is 0.0939. The Hall–Kier alpha value is -2.19. The van der Waals surface area contributed by atoms with Crippen molar-refractivity contribution in [1.29, 1.82) is 5.26 Å².